The van der Waals surface area contributed by atoms with E-state index in [0.717, 1.165) is 22.9 Å². The molecular weight excluding hydrogens is 216 g/mol. The van der Waals surface area contributed by atoms with Crippen LogP contribution in [0, 0.1) is 0 Å². The van der Waals surface area contributed by atoms with E-state index in [1.54, 1.807) is 0 Å². The Morgan fingerprint density at radius 2 is 2.35 bits per heavy atom. The summed E-state index contributed by atoms with van der Waals surface area (Å²) in [4.78, 5) is 0. The number of hydrogen-bond acceptors (Lipinski definition) is 3. The number of para-hydroxylation sites is 1. The molecule has 3 rings (SSSR count). The fourth-order valence-electron chi connectivity index (χ4n) is 2.52. The van der Waals surface area contributed by atoms with Gasteiger partial charge in [-0.25, -0.2) is 0 Å². The Morgan fingerprint density at radius 3 is 3.18 bits per heavy atom. The summed E-state index contributed by atoms with van der Waals surface area (Å²) in [6.07, 6.45) is 3.00. The van der Waals surface area contributed by atoms with Gasteiger partial charge < -0.3 is 9.84 Å². The van der Waals surface area contributed by atoms with Crippen molar-refractivity contribution in [2.24, 2.45) is 7.05 Å². The van der Waals surface area contributed by atoms with Crippen molar-refractivity contribution in [3.63, 3.8) is 0 Å². The van der Waals surface area contributed by atoms with E-state index in [9.17, 15) is 5.11 Å². The number of hydrogen-bond donors (Lipinski definition) is 1. The van der Waals surface area contributed by atoms with Crippen LogP contribution in [0.3, 0.4) is 0 Å². The quantitative estimate of drug-likeness (QED) is 0.815. The van der Waals surface area contributed by atoms with Gasteiger partial charge in [-0.15, -0.1) is 0 Å². The number of fused-ring (bicyclic) bond motifs is 1. The minimum Gasteiger partial charge on any atom is -0.393 e. The van der Waals surface area contributed by atoms with E-state index in [4.69, 9.17) is 4.74 Å². The predicted molar refractivity (Wildman–Crippen MR) is 64.6 cm³/mol. The minimum atomic E-state index is -0.253. The van der Waals surface area contributed by atoms with Gasteiger partial charge >= 0.3 is 0 Å². The molecular formula is C13H16N2O2. The molecule has 1 aromatic heterocycles. The maximum absolute atomic E-state index is 9.73. The first kappa shape index (κ1) is 10.7. The highest BCUT2D eigenvalue weighted by Gasteiger charge is 2.24. The molecule has 4 heteroatoms. The highest BCUT2D eigenvalue weighted by molar-refractivity contribution is 5.82. The van der Waals surface area contributed by atoms with Gasteiger partial charge in [0.25, 0.3) is 0 Å². The summed E-state index contributed by atoms with van der Waals surface area (Å²) in [6.45, 7) is 0.625. The van der Waals surface area contributed by atoms with E-state index in [1.165, 1.54) is 0 Å². The summed E-state index contributed by atoms with van der Waals surface area (Å²) in [5.41, 5.74) is 2.23. The number of aliphatic hydroxyl groups excluding tert-OH is 1. The zero-order chi connectivity index (χ0) is 11.8. The monoisotopic (exact) mass is 232 g/mol. The van der Waals surface area contributed by atoms with E-state index < -0.39 is 0 Å². The maximum atomic E-state index is 9.73. The second kappa shape index (κ2) is 4.13. The Balaban J connectivity index is 2.07. The molecule has 2 heterocycles. The number of rotatable bonds is 1. The first-order valence-corrected chi connectivity index (χ1v) is 5.96. The topological polar surface area (TPSA) is 47.3 Å². The molecule has 1 aliphatic heterocycles. The molecule has 1 aromatic carbocycles. The molecule has 0 radical (unpaired) electrons. The van der Waals surface area contributed by atoms with Crippen molar-refractivity contribution in [2.75, 3.05) is 6.61 Å². The lowest BCUT2D eigenvalue weighted by Crippen LogP contribution is -2.23. The van der Waals surface area contributed by atoms with Gasteiger partial charge in [-0.05, 0) is 6.42 Å². The maximum Gasteiger partial charge on any atom is 0.0870 e. The van der Waals surface area contributed by atoms with Crippen LogP contribution in [-0.4, -0.2) is 27.6 Å². The Bertz CT molecular complexity index is 535. The lowest BCUT2D eigenvalue weighted by atomic mass is 9.98. The van der Waals surface area contributed by atoms with Crippen molar-refractivity contribution >= 4 is 10.9 Å². The van der Waals surface area contributed by atoms with Gasteiger partial charge in [-0.1, -0.05) is 18.2 Å². The predicted octanol–water partition coefficient (Wildman–Crippen LogP) is 1.79. The van der Waals surface area contributed by atoms with Crippen molar-refractivity contribution in [2.45, 2.75) is 25.0 Å². The second-order valence-corrected chi connectivity index (χ2v) is 4.59. The molecule has 2 unspecified atom stereocenters. The van der Waals surface area contributed by atoms with Crippen molar-refractivity contribution in [1.82, 2.24) is 9.78 Å². The molecule has 90 valence electrons. The third-order valence-electron chi connectivity index (χ3n) is 3.40. The largest absolute Gasteiger partial charge is 0.393 e. The van der Waals surface area contributed by atoms with Crippen molar-refractivity contribution < 1.29 is 9.84 Å². The summed E-state index contributed by atoms with van der Waals surface area (Å²) >= 11 is 0. The van der Waals surface area contributed by atoms with Crippen LogP contribution in [0.5, 0.6) is 0 Å². The molecule has 2 aromatic rings. The van der Waals surface area contributed by atoms with Crippen LogP contribution in [0.15, 0.2) is 24.4 Å². The average molecular weight is 232 g/mol. The molecule has 1 saturated heterocycles. The molecule has 4 nitrogen and oxygen atoms in total. The van der Waals surface area contributed by atoms with Crippen LogP contribution in [0.25, 0.3) is 10.9 Å². The Kier molecular flexibility index (Phi) is 2.61. The minimum absolute atomic E-state index is 0.0159. The van der Waals surface area contributed by atoms with Crippen LogP contribution < -0.4 is 0 Å². The molecule has 0 saturated carbocycles. The van der Waals surface area contributed by atoms with Crippen molar-refractivity contribution in [3.05, 3.63) is 30.0 Å². The summed E-state index contributed by atoms with van der Waals surface area (Å²) in [5, 5.41) is 15.1. The first-order chi connectivity index (χ1) is 8.25. The van der Waals surface area contributed by atoms with Gasteiger partial charge in [0.2, 0.25) is 0 Å². The lowest BCUT2D eigenvalue weighted by Gasteiger charge is -2.27. The average Bonchev–Trinajstić information content (AvgIpc) is 2.71. The number of aryl methyl sites for hydroxylation is 1. The molecule has 0 aliphatic carbocycles. The van der Waals surface area contributed by atoms with Gasteiger partial charge in [0, 0.05) is 31.0 Å². The summed E-state index contributed by atoms with van der Waals surface area (Å²) in [5.74, 6) is 0. The van der Waals surface area contributed by atoms with Crippen LogP contribution >= 0.6 is 0 Å². The summed E-state index contributed by atoms with van der Waals surface area (Å²) in [7, 11) is 1.94. The number of nitrogens with zero attached hydrogens (tertiary/aromatic N) is 2. The molecule has 1 N–H and O–H groups in total. The number of aliphatic hydroxyl groups is 1. The van der Waals surface area contributed by atoms with Gasteiger partial charge in [0.05, 0.1) is 23.9 Å². The van der Waals surface area contributed by atoms with E-state index in [0.29, 0.717) is 13.0 Å². The van der Waals surface area contributed by atoms with E-state index in [1.807, 2.05) is 30.1 Å². The fraction of sp³-hybridized carbons (Fsp3) is 0.462. The van der Waals surface area contributed by atoms with Gasteiger partial charge in [0.1, 0.15) is 0 Å². The highest BCUT2D eigenvalue weighted by atomic mass is 16.5. The van der Waals surface area contributed by atoms with Crippen LogP contribution in [-0.2, 0) is 11.8 Å². The molecule has 1 fully saturated rings. The third kappa shape index (κ3) is 1.83. The first-order valence-electron chi connectivity index (χ1n) is 5.96. The van der Waals surface area contributed by atoms with Crippen molar-refractivity contribution in [1.29, 1.82) is 0 Å². The zero-order valence-corrected chi connectivity index (χ0v) is 9.84. The van der Waals surface area contributed by atoms with E-state index in [2.05, 4.69) is 11.2 Å². The van der Waals surface area contributed by atoms with E-state index >= 15 is 0 Å². The molecule has 2 atom stereocenters. The number of benzene rings is 1. The molecule has 0 spiro atoms. The molecule has 0 bridgehead atoms. The van der Waals surface area contributed by atoms with Crippen LogP contribution in [0.4, 0.5) is 0 Å². The third-order valence-corrected chi connectivity index (χ3v) is 3.40. The SMILES string of the molecule is Cn1ncc2cccc(C3CC(O)CCO3)c21. The smallest absolute Gasteiger partial charge is 0.0870 e. The van der Waals surface area contributed by atoms with Crippen LogP contribution in [0.2, 0.25) is 0 Å². The highest BCUT2D eigenvalue weighted by Crippen LogP contribution is 2.32. The summed E-state index contributed by atoms with van der Waals surface area (Å²) in [6, 6.07) is 6.13. The normalized spacial score (nSPS) is 25.3. The summed E-state index contributed by atoms with van der Waals surface area (Å²) < 4.78 is 7.64. The van der Waals surface area contributed by atoms with E-state index in [-0.39, 0.29) is 12.2 Å². The zero-order valence-electron chi connectivity index (χ0n) is 9.84. The van der Waals surface area contributed by atoms with Gasteiger partial charge in [-0.3, -0.25) is 4.68 Å². The van der Waals surface area contributed by atoms with Gasteiger partial charge in [-0.2, -0.15) is 5.10 Å². The lowest BCUT2D eigenvalue weighted by molar-refractivity contribution is -0.0442. The Labute approximate surface area is 99.8 Å². The second-order valence-electron chi connectivity index (χ2n) is 4.59. The Morgan fingerprint density at radius 1 is 1.47 bits per heavy atom. The number of ether oxygens (including phenoxy) is 1. The number of aromatic nitrogens is 2. The van der Waals surface area contributed by atoms with Crippen molar-refractivity contribution in [3.8, 4) is 0 Å². The Hall–Kier alpha value is -1.39. The molecule has 1 aliphatic rings. The van der Waals surface area contributed by atoms with Gasteiger partial charge in [0.15, 0.2) is 0 Å². The fourth-order valence-corrected chi connectivity index (χ4v) is 2.52. The standard InChI is InChI=1S/C13H16N2O2/c1-15-13-9(8-14-15)3-2-4-11(13)12-7-10(16)5-6-17-12/h2-4,8,10,12,16H,5-7H2,1H3. The molecule has 0 amide bonds. The molecule has 17 heavy (non-hydrogen) atoms. The van der Waals surface area contributed by atoms with Crippen LogP contribution in [0.1, 0.15) is 24.5 Å².